The lowest BCUT2D eigenvalue weighted by molar-refractivity contribution is 0.215. The number of benzene rings is 1. The van der Waals surface area contributed by atoms with Crippen molar-refractivity contribution in [1.82, 2.24) is 9.55 Å². The molecule has 0 aliphatic heterocycles. The predicted molar refractivity (Wildman–Crippen MR) is 75.7 cm³/mol. The fraction of sp³-hybridized carbons (Fsp3) is 0.533. The van der Waals surface area contributed by atoms with Gasteiger partial charge in [0, 0.05) is 17.6 Å². The normalized spacial score (nSPS) is 23.6. The van der Waals surface area contributed by atoms with E-state index in [1.54, 1.807) is 0 Å². The van der Waals surface area contributed by atoms with Crippen LogP contribution in [0.2, 0.25) is 0 Å². The second kappa shape index (κ2) is 4.01. The smallest absolute Gasteiger partial charge is 0.112 e. The third-order valence-electron chi connectivity index (χ3n) is 3.97. The quantitative estimate of drug-likeness (QED) is 0.817. The van der Waals surface area contributed by atoms with Gasteiger partial charge in [0.1, 0.15) is 5.82 Å². The Morgan fingerprint density at radius 2 is 2.06 bits per heavy atom. The van der Waals surface area contributed by atoms with E-state index < -0.39 is 0 Å². The van der Waals surface area contributed by atoms with Crippen LogP contribution in [0.25, 0.3) is 11.0 Å². The van der Waals surface area contributed by atoms with Gasteiger partial charge >= 0.3 is 0 Å². The zero-order valence-electron chi connectivity index (χ0n) is 11.4. The maximum atomic E-state index is 5.85. The molecule has 0 amide bonds. The van der Waals surface area contributed by atoms with Gasteiger partial charge < -0.3 is 10.3 Å². The maximum absolute atomic E-state index is 5.85. The molecule has 0 bridgehead atoms. The Balaban J connectivity index is 2.16. The molecule has 1 fully saturated rings. The first-order valence-electron chi connectivity index (χ1n) is 6.83. The fourth-order valence-electron chi connectivity index (χ4n) is 3.00. The minimum atomic E-state index is 0.453. The summed E-state index contributed by atoms with van der Waals surface area (Å²) in [5.74, 6) is 2.50. The molecule has 3 heteroatoms. The lowest BCUT2D eigenvalue weighted by Crippen LogP contribution is -2.26. The molecule has 3 rings (SSSR count). The lowest BCUT2D eigenvalue weighted by atomic mass is 9.81. The number of nitrogens with two attached hydrogens (primary N) is 1. The topological polar surface area (TPSA) is 43.8 Å². The number of imidazole rings is 1. The highest BCUT2D eigenvalue weighted by Crippen LogP contribution is 2.41. The third kappa shape index (κ3) is 1.69. The van der Waals surface area contributed by atoms with E-state index in [0.717, 1.165) is 17.1 Å². The largest absolute Gasteiger partial charge is 0.399 e. The highest BCUT2D eigenvalue weighted by molar-refractivity contribution is 5.80. The van der Waals surface area contributed by atoms with E-state index in [1.807, 2.05) is 12.1 Å². The summed E-state index contributed by atoms with van der Waals surface area (Å²) in [4.78, 5) is 4.78. The van der Waals surface area contributed by atoms with E-state index in [1.165, 1.54) is 24.2 Å². The lowest BCUT2D eigenvalue weighted by Gasteiger charge is -2.35. The number of anilines is 1. The molecule has 18 heavy (non-hydrogen) atoms. The highest BCUT2D eigenvalue weighted by Gasteiger charge is 2.30. The minimum absolute atomic E-state index is 0.453. The van der Waals surface area contributed by atoms with Gasteiger partial charge in [-0.3, -0.25) is 0 Å². The molecule has 1 aromatic heterocycles. The van der Waals surface area contributed by atoms with Crippen LogP contribution < -0.4 is 5.73 Å². The Kier molecular flexibility index (Phi) is 2.58. The van der Waals surface area contributed by atoms with Crippen LogP contribution in [0.1, 0.15) is 51.4 Å². The van der Waals surface area contributed by atoms with E-state index >= 15 is 0 Å². The van der Waals surface area contributed by atoms with Crippen molar-refractivity contribution in [2.45, 2.75) is 45.6 Å². The summed E-state index contributed by atoms with van der Waals surface area (Å²) in [6.45, 7) is 6.75. The molecule has 1 aliphatic carbocycles. The molecule has 1 aliphatic rings. The molecule has 0 spiro atoms. The zero-order chi connectivity index (χ0) is 12.9. The summed E-state index contributed by atoms with van der Waals surface area (Å²) >= 11 is 0. The number of fused-ring (bicyclic) bond motifs is 1. The molecular weight excluding hydrogens is 222 g/mol. The van der Waals surface area contributed by atoms with Crippen LogP contribution in [-0.2, 0) is 0 Å². The van der Waals surface area contributed by atoms with Gasteiger partial charge in [0.05, 0.1) is 11.0 Å². The molecule has 2 aromatic rings. The van der Waals surface area contributed by atoms with Gasteiger partial charge in [-0.05, 0) is 37.0 Å². The van der Waals surface area contributed by atoms with Gasteiger partial charge in [-0.1, -0.05) is 20.8 Å². The number of hydrogen-bond acceptors (Lipinski definition) is 2. The number of rotatable bonds is 2. The van der Waals surface area contributed by atoms with Crippen molar-refractivity contribution in [1.29, 1.82) is 0 Å². The number of aromatic nitrogens is 2. The summed E-state index contributed by atoms with van der Waals surface area (Å²) in [5, 5.41) is 0. The standard InChI is InChI=1S/C15H21N3/c1-9(2)15-17-13-8-11(16)4-5-14(13)18(15)12-6-10(3)7-12/h4-5,8-10,12H,6-7,16H2,1-3H3. The Morgan fingerprint density at radius 3 is 2.67 bits per heavy atom. The van der Waals surface area contributed by atoms with Gasteiger partial charge in [-0.25, -0.2) is 4.98 Å². The molecule has 0 atom stereocenters. The molecule has 2 N–H and O–H groups in total. The van der Waals surface area contributed by atoms with Crippen LogP contribution in [0, 0.1) is 5.92 Å². The SMILES string of the molecule is CC1CC(n2c(C(C)C)nc3cc(N)ccc32)C1. The van der Waals surface area contributed by atoms with E-state index in [4.69, 9.17) is 10.7 Å². The molecular formula is C15H21N3. The van der Waals surface area contributed by atoms with Crippen LogP contribution in [0.4, 0.5) is 5.69 Å². The van der Waals surface area contributed by atoms with Gasteiger partial charge in [-0.2, -0.15) is 0 Å². The van der Waals surface area contributed by atoms with Crippen molar-refractivity contribution in [2.24, 2.45) is 5.92 Å². The zero-order valence-corrected chi connectivity index (χ0v) is 11.4. The number of nitrogens with zero attached hydrogens (tertiary/aromatic N) is 2. The summed E-state index contributed by atoms with van der Waals surface area (Å²) in [7, 11) is 0. The number of nitrogen functional groups attached to an aromatic ring is 1. The molecule has 1 heterocycles. The fourth-order valence-corrected chi connectivity index (χ4v) is 3.00. The first-order valence-corrected chi connectivity index (χ1v) is 6.83. The van der Waals surface area contributed by atoms with Crippen molar-refractivity contribution < 1.29 is 0 Å². The first kappa shape index (κ1) is 11.6. The van der Waals surface area contributed by atoms with E-state index in [-0.39, 0.29) is 0 Å². The van der Waals surface area contributed by atoms with Gasteiger partial charge in [-0.15, -0.1) is 0 Å². The Hall–Kier alpha value is -1.51. The third-order valence-corrected chi connectivity index (χ3v) is 3.97. The molecule has 1 saturated carbocycles. The summed E-state index contributed by atoms with van der Waals surface area (Å²) in [5.41, 5.74) is 8.93. The predicted octanol–water partition coefficient (Wildman–Crippen LogP) is 3.71. The van der Waals surface area contributed by atoms with Gasteiger partial charge in [0.2, 0.25) is 0 Å². The summed E-state index contributed by atoms with van der Waals surface area (Å²) < 4.78 is 2.44. The average molecular weight is 243 g/mol. The van der Waals surface area contributed by atoms with Crippen molar-refractivity contribution in [3.05, 3.63) is 24.0 Å². The molecule has 96 valence electrons. The van der Waals surface area contributed by atoms with E-state index in [0.29, 0.717) is 12.0 Å². The van der Waals surface area contributed by atoms with E-state index in [9.17, 15) is 0 Å². The van der Waals surface area contributed by atoms with Crippen molar-refractivity contribution >= 4 is 16.7 Å². The Bertz CT molecular complexity index is 577. The van der Waals surface area contributed by atoms with E-state index in [2.05, 4.69) is 31.4 Å². The minimum Gasteiger partial charge on any atom is -0.399 e. The molecule has 0 radical (unpaired) electrons. The maximum Gasteiger partial charge on any atom is 0.112 e. The van der Waals surface area contributed by atoms with Crippen molar-refractivity contribution in [3.8, 4) is 0 Å². The highest BCUT2D eigenvalue weighted by atomic mass is 15.1. The second-order valence-electron chi connectivity index (χ2n) is 5.97. The monoisotopic (exact) mass is 243 g/mol. The Labute approximate surface area is 108 Å². The second-order valence-corrected chi connectivity index (χ2v) is 5.97. The summed E-state index contributed by atoms with van der Waals surface area (Å²) in [6, 6.07) is 6.71. The van der Waals surface area contributed by atoms with Crippen LogP contribution in [-0.4, -0.2) is 9.55 Å². The van der Waals surface area contributed by atoms with Crippen LogP contribution in [0.5, 0.6) is 0 Å². The van der Waals surface area contributed by atoms with Crippen LogP contribution in [0.15, 0.2) is 18.2 Å². The van der Waals surface area contributed by atoms with Crippen LogP contribution in [0.3, 0.4) is 0 Å². The summed E-state index contributed by atoms with van der Waals surface area (Å²) in [6.07, 6.45) is 2.55. The van der Waals surface area contributed by atoms with Gasteiger partial charge in [0.25, 0.3) is 0 Å². The van der Waals surface area contributed by atoms with Crippen LogP contribution >= 0.6 is 0 Å². The Morgan fingerprint density at radius 1 is 1.33 bits per heavy atom. The number of hydrogen-bond donors (Lipinski definition) is 1. The first-order chi connectivity index (χ1) is 8.56. The molecule has 3 nitrogen and oxygen atoms in total. The van der Waals surface area contributed by atoms with Gasteiger partial charge in [0.15, 0.2) is 0 Å². The molecule has 0 unspecified atom stereocenters. The molecule has 0 saturated heterocycles. The van der Waals surface area contributed by atoms with Crippen molar-refractivity contribution in [3.63, 3.8) is 0 Å². The average Bonchev–Trinajstić information content (AvgIpc) is 2.63. The molecule has 1 aromatic carbocycles. The van der Waals surface area contributed by atoms with Crippen molar-refractivity contribution in [2.75, 3.05) is 5.73 Å².